The molecule has 0 saturated carbocycles. The number of rotatable bonds is 5. The lowest BCUT2D eigenvalue weighted by Gasteiger charge is -2.32. The molecule has 1 saturated heterocycles. The predicted octanol–water partition coefficient (Wildman–Crippen LogP) is 4.33. The molecule has 2 aromatic heterocycles. The van der Waals surface area contributed by atoms with Gasteiger partial charge in [0.15, 0.2) is 11.6 Å². The molecule has 0 unspecified atom stereocenters. The second-order valence-corrected chi connectivity index (χ2v) is 11.1. The monoisotopic (exact) mass is 636 g/mol. The van der Waals surface area contributed by atoms with Gasteiger partial charge in [-0.3, -0.25) is 20.2 Å². The maximum absolute atomic E-state index is 11.4. The lowest BCUT2D eigenvalue weighted by molar-refractivity contribution is -0.384. The van der Waals surface area contributed by atoms with Crippen molar-refractivity contribution in [3.8, 4) is 22.8 Å². The van der Waals surface area contributed by atoms with Gasteiger partial charge in [-0.2, -0.15) is 0 Å². The minimum absolute atomic E-state index is 0.0106. The lowest BCUT2D eigenvalue weighted by atomic mass is 9.77. The van der Waals surface area contributed by atoms with Gasteiger partial charge in [-0.25, -0.2) is 19.9 Å². The first-order valence-electron chi connectivity index (χ1n) is 12.4. The molecule has 14 nitrogen and oxygen atoms in total. The maximum atomic E-state index is 11.4. The summed E-state index contributed by atoms with van der Waals surface area (Å²) in [4.78, 5) is 37.5. The number of anilines is 2. The van der Waals surface area contributed by atoms with Gasteiger partial charge in [0.2, 0.25) is 0 Å². The van der Waals surface area contributed by atoms with Gasteiger partial charge in [-0.05, 0) is 57.4 Å². The number of nitro groups is 2. The van der Waals surface area contributed by atoms with Gasteiger partial charge in [-0.15, -0.1) is 0 Å². The van der Waals surface area contributed by atoms with Crippen molar-refractivity contribution < 1.29 is 19.2 Å². The van der Waals surface area contributed by atoms with Gasteiger partial charge >= 0.3 is 7.12 Å². The minimum Gasteiger partial charge on any atom is -0.399 e. The number of benzene rings is 2. The van der Waals surface area contributed by atoms with Crippen LogP contribution in [0.2, 0.25) is 0 Å². The number of hydrogen-bond donors (Lipinski definition) is 2. The minimum atomic E-state index is -0.744. The van der Waals surface area contributed by atoms with Crippen molar-refractivity contribution in [3.63, 3.8) is 0 Å². The fourth-order valence-corrected chi connectivity index (χ4v) is 4.37. The molecule has 0 bridgehead atoms. The van der Waals surface area contributed by atoms with E-state index in [2.05, 4.69) is 35.9 Å². The van der Waals surface area contributed by atoms with E-state index >= 15 is 0 Å². The zero-order valence-corrected chi connectivity index (χ0v) is 24.6. The van der Waals surface area contributed by atoms with Crippen molar-refractivity contribution in [1.82, 2.24) is 19.9 Å². The summed E-state index contributed by atoms with van der Waals surface area (Å²) in [6.07, 6.45) is 6.20. The van der Waals surface area contributed by atoms with Gasteiger partial charge in [0, 0.05) is 47.0 Å². The molecular weight excluding hydrogens is 611 g/mol. The van der Waals surface area contributed by atoms with Crippen LogP contribution >= 0.6 is 15.9 Å². The van der Waals surface area contributed by atoms with E-state index in [1.165, 1.54) is 12.1 Å². The molecule has 0 spiro atoms. The van der Waals surface area contributed by atoms with E-state index in [1.807, 2.05) is 27.7 Å². The molecule has 0 aliphatic carbocycles. The zero-order chi connectivity index (χ0) is 30.8. The van der Waals surface area contributed by atoms with Crippen molar-refractivity contribution in [3.05, 3.63) is 85.9 Å². The highest BCUT2D eigenvalue weighted by atomic mass is 79.9. The van der Waals surface area contributed by atoms with Crippen LogP contribution in [0.15, 0.2) is 65.7 Å². The van der Waals surface area contributed by atoms with E-state index in [1.54, 1.807) is 49.1 Å². The van der Waals surface area contributed by atoms with Gasteiger partial charge in [0.05, 0.1) is 26.6 Å². The molecule has 42 heavy (non-hydrogen) atoms. The van der Waals surface area contributed by atoms with Crippen molar-refractivity contribution >= 4 is 51.3 Å². The Bertz CT molecular complexity index is 1630. The van der Waals surface area contributed by atoms with Crippen LogP contribution in [0, 0.1) is 20.2 Å². The first-order valence-corrected chi connectivity index (χ1v) is 13.2. The van der Waals surface area contributed by atoms with E-state index in [0.29, 0.717) is 32.7 Å². The summed E-state index contributed by atoms with van der Waals surface area (Å²) in [7, 11) is -0.744. The molecule has 1 aliphatic heterocycles. The van der Waals surface area contributed by atoms with Crippen LogP contribution in [0.1, 0.15) is 27.7 Å². The largest absolute Gasteiger partial charge is 0.495 e. The molecule has 2 aromatic carbocycles. The first-order chi connectivity index (χ1) is 19.7. The average molecular weight is 637 g/mol. The molecule has 0 radical (unpaired) electrons. The zero-order valence-electron chi connectivity index (χ0n) is 23.0. The van der Waals surface area contributed by atoms with Gasteiger partial charge in [0.25, 0.3) is 11.4 Å². The highest BCUT2D eigenvalue weighted by Crippen LogP contribution is 2.38. The Balaban J connectivity index is 0.000000208. The molecule has 4 aromatic rings. The second kappa shape index (κ2) is 11.8. The Labute approximate surface area is 249 Å². The highest BCUT2D eigenvalue weighted by Gasteiger charge is 2.52. The Morgan fingerprint density at radius 2 is 1.14 bits per heavy atom. The summed E-state index contributed by atoms with van der Waals surface area (Å²) in [5.41, 5.74) is 11.6. The maximum Gasteiger partial charge on any atom is 0.495 e. The Morgan fingerprint density at radius 1 is 0.738 bits per heavy atom. The smallest absolute Gasteiger partial charge is 0.399 e. The number of nitro benzene ring substituents is 2. The van der Waals surface area contributed by atoms with Crippen LogP contribution in [0.5, 0.6) is 0 Å². The van der Waals surface area contributed by atoms with Crippen molar-refractivity contribution in [2.75, 3.05) is 11.5 Å². The number of hydrogen-bond acceptors (Lipinski definition) is 12. The van der Waals surface area contributed by atoms with Crippen LogP contribution in [0.3, 0.4) is 0 Å². The van der Waals surface area contributed by atoms with Crippen LogP contribution in [0.25, 0.3) is 22.8 Å². The molecule has 3 heterocycles. The SMILES string of the molecule is CC1(C)OB(c2cc(-c3ncccn3)c(N)c([N+](=O)[O-])c2)OC1(C)C.Nc1c(-c2ncccn2)cc(Br)cc1[N+](=O)[O-]. The number of nitrogens with zero attached hydrogens (tertiary/aromatic N) is 6. The molecule has 5 rings (SSSR count). The average Bonchev–Trinajstić information content (AvgIpc) is 3.17. The molecule has 1 fully saturated rings. The molecular formula is C26H26BBrN8O6. The summed E-state index contributed by atoms with van der Waals surface area (Å²) in [6.45, 7) is 7.67. The van der Waals surface area contributed by atoms with Crippen LogP contribution in [-0.4, -0.2) is 48.1 Å². The fraction of sp³-hybridized carbons (Fsp3) is 0.231. The fourth-order valence-electron chi connectivity index (χ4n) is 3.93. The van der Waals surface area contributed by atoms with Gasteiger partial charge in [0.1, 0.15) is 11.4 Å². The lowest BCUT2D eigenvalue weighted by Crippen LogP contribution is -2.41. The molecule has 216 valence electrons. The molecule has 1 aliphatic rings. The first kappa shape index (κ1) is 30.4. The normalized spacial score (nSPS) is 15.0. The van der Waals surface area contributed by atoms with E-state index in [-0.39, 0.29) is 22.7 Å². The quantitative estimate of drug-likeness (QED) is 0.136. The Hall–Kier alpha value is -4.54. The highest BCUT2D eigenvalue weighted by molar-refractivity contribution is 9.10. The number of halogens is 1. The summed E-state index contributed by atoms with van der Waals surface area (Å²) >= 11 is 3.20. The number of nitrogens with two attached hydrogens (primary N) is 2. The Morgan fingerprint density at radius 3 is 1.57 bits per heavy atom. The molecule has 0 amide bonds. The van der Waals surface area contributed by atoms with E-state index in [4.69, 9.17) is 20.8 Å². The topological polar surface area (TPSA) is 208 Å². The van der Waals surface area contributed by atoms with Crippen LogP contribution in [0.4, 0.5) is 22.7 Å². The summed E-state index contributed by atoms with van der Waals surface area (Å²) in [5.74, 6) is 0.663. The van der Waals surface area contributed by atoms with Crippen molar-refractivity contribution in [2.45, 2.75) is 38.9 Å². The van der Waals surface area contributed by atoms with Crippen molar-refractivity contribution in [2.24, 2.45) is 0 Å². The summed E-state index contributed by atoms with van der Waals surface area (Å²) in [6, 6.07) is 9.38. The standard InChI is InChI=1S/C16H19BN4O4.C10H7BrN4O2/c1-15(2)16(3,4)25-17(24-15)10-8-11(14-19-6-5-7-20-14)13(18)12(9-10)21(22)23;11-6-4-7(10-13-2-1-3-14-10)9(12)8(5-6)15(16)17/h5-9H,18H2,1-4H3;1-5H,12H2. The third-order valence-electron chi connectivity index (χ3n) is 6.84. The van der Waals surface area contributed by atoms with Crippen LogP contribution < -0.4 is 16.9 Å². The Kier molecular flexibility index (Phi) is 8.51. The van der Waals surface area contributed by atoms with Crippen molar-refractivity contribution in [1.29, 1.82) is 0 Å². The molecule has 4 N–H and O–H groups in total. The third kappa shape index (κ3) is 6.19. The van der Waals surface area contributed by atoms with E-state index in [0.717, 1.165) is 0 Å². The molecule has 0 atom stereocenters. The van der Waals surface area contributed by atoms with E-state index in [9.17, 15) is 20.2 Å². The predicted molar refractivity (Wildman–Crippen MR) is 160 cm³/mol. The summed E-state index contributed by atoms with van der Waals surface area (Å²) in [5, 5.41) is 22.3. The van der Waals surface area contributed by atoms with Crippen LogP contribution in [-0.2, 0) is 9.31 Å². The van der Waals surface area contributed by atoms with Gasteiger partial charge < -0.3 is 20.8 Å². The summed E-state index contributed by atoms with van der Waals surface area (Å²) < 4.78 is 12.5. The number of nitrogen functional groups attached to an aromatic ring is 2. The molecule has 16 heteroatoms. The number of aromatic nitrogens is 4. The third-order valence-corrected chi connectivity index (χ3v) is 7.29. The second-order valence-electron chi connectivity index (χ2n) is 10.1. The van der Waals surface area contributed by atoms with E-state index < -0.39 is 28.2 Å². The van der Waals surface area contributed by atoms with Gasteiger partial charge in [-0.1, -0.05) is 15.9 Å².